The molecule has 1 amide bonds. The summed E-state index contributed by atoms with van der Waals surface area (Å²) in [4.78, 5) is 10.9. The minimum atomic E-state index is -0.702. The van der Waals surface area contributed by atoms with Crippen molar-refractivity contribution in [2.45, 2.75) is 18.9 Å². The zero-order valence-electron chi connectivity index (χ0n) is 8.70. The van der Waals surface area contributed by atoms with E-state index in [1.54, 1.807) is 6.07 Å². The van der Waals surface area contributed by atoms with Crippen LogP contribution in [0.2, 0.25) is 5.02 Å². The minimum Gasteiger partial charge on any atom is -0.493 e. The lowest BCUT2D eigenvalue weighted by atomic mass is 10.0. The van der Waals surface area contributed by atoms with Gasteiger partial charge in [-0.1, -0.05) is 11.6 Å². The molecule has 2 rings (SSSR count). The van der Waals surface area contributed by atoms with Crippen LogP contribution in [0, 0.1) is 0 Å². The third-order valence-corrected chi connectivity index (χ3v) is 2.85. The summed E-state index contributed by atoms with van der Waals surface area (Å²) in [7, 11) is 0. The molecule has 1 aliphatic heterocycles. The van der Waals surface area contributed by atoms with E-state index in [1.807, 2.05) is 6.07 Å². The van der Waals surface area contributed by atoms with Gasteiger partial charge in [0, 0.05) is 17.9 Å². The van der Waals surface area contributed by atoms with Crippen molar-refractivity contribution < 1.29 is 9.53 Å². The van der Waals surface area contributed by atoms with Crippen molar-refractivity contribution in [2.75, 3.05) is 6.61 Å². The van der Waals surface area contributed by atoms with Crippen LogP contribution in [0.4, 0.5) is 0 Å². The SMILES string of the molecule is NC(=O)C(N)Cc1cc(Cl)cc2c1OCC2. The lowest BCUT2D eigenvalue weighted by Crippen LogP contribution is -2.38. The van der Waals surface area contributed by atoms with Crippen LogP contribution < -0.4 is 16.2 Å². The van der Waals surface area contributed by atoms with E-state index in [0.717, 1.165) is 23.3 Å². The summed E-state index contributed by atoms with van der Waals surface area (Å²) < 4.78 is 5.50. The third kappa shape index (κ3) is 2.13. The van der Waals surface area contributed by atoms with E-state index in [9.17, 15) is 4.79 Å². The van der Waals surface area contributed by atoms with Crippen molar-refractivity contribution in [3.63, 3.8) is 0 Å². The average Bonchev–Trinajstić information content (AvgIpc) is 2.65. The fourth-order valence-corrected chi connectivity index (χ4v) is 2.10. The van der Waals surface area contributed by atoms with E-state index in [2.05, 4.69) is 0 Å². The number of amides is 1. The van der Waals surface area contributed by atoms with E-state index in [1.165, 1.54) is 0 Å². The molecule has 1 atom stereocenters. The van der Waals surface area contributed by atoms with Gasteiger partial charge in [-0.25, -0.2) is 0 Å². The van der Waals surface area contributed by atoms with Gasteiger partial charge in [-0.3, -0.25) is 4.79 Å². The number of primary amides is 1. The number of hydrogen-bond donors (Lipinski definition) is 2. The summed E-state index contributed by atoms with van der Waals surface area (Å²) in [6, 6.07) is 2.95. The number of rotatable bonds is 3. The molecule has 0 aliphatic carbocycles. The highest BCUT2D eigenvalue weighted by molar-refractivity contribution is 6.30. The number of nitrogens with two attached hydrogens (primary N) is 2. The number of carbonyl (C=O) groups is 1. The summed E-state index contributed by atoms with van der Waals surface area (Å²) in [5, 5.41) is 0.635. The predicted molar refractivity (Wildman–Crippen MR) is 61.5 cm³/mol. The molecule has 16 heavy (non-hydrogen) atoms. The molecular formula is C11H13ClN2O2. The fraction of sp³-hybridized carbons (Fsp3) is 0.364. The van der Waals surface area contributed by atoms with Crippen molar-refractivity contribution in [1.82, 2.24) is 0 Å². The normalized spacial score (nSPS) is 15.4. The quantitative estimate of drug-likeness (QED) is 0.814. The highest BCUT2D eigenvalue weighted by Gasteiger charge is 2.20. The molecule has 1 heterocycles. The minimum absolute atomic E-state index is 0.359. The van der Waals surface area contributed by atoms with Crippen LogP contribution in [0.25, 0.3) is 0 Å². The molecule has 0 radical (unpaired) electrons. The summed E-state index contributed by atoms with van der Waals surface area (Å²) in [5.74, 6) is 0.285. The maximum atomic E-state index is 10.9. The molecular weight excluding hydrogens is 228 g/mol. The number of hydrogen-bond acceptors (Lipinski definition) is 3. The van der Waals surface area contributed by atoms with Gasteiger partial charge in [0.15, 0.2) is 0 Å². The number of carbonyl (C=O) groups excluding carboxylic acids is 1. The van der Waals surface area contributed by atoms with Crippen molar-refractivity contribution in [3.05, 3.63) is 28.3 Å². The maximum Gasteiger partial charge on any atom is 0.234 e. The Morgan fingerprint density at radius 3 is 3.00 bits per heavy atom. The smallest absolute Gasteiger partial charge is 0.234 e. The first-order valence-electron chi connectivity index (χ1n) is 5.07. The lowest BCUT2D eigenvalue weighted by molar-refractivity contribution is -0.119. The van der Waals surface area contributed by atoms with Crippen molar-refractivity contribution in [1.29, 1.82) is 0 Å². The van der Waals surface area contributed by atoms with Crippen molar-refractivity contribution in [3.8, 4) is 5.75 Å². The zero-order valence-corrected chi connectivity index (χ0v) is 9.46. The molecule has 0 saturated carbocycles. The monoisotopic (exact) mass is 240 g/mol. The first-order valence-corrected chi connectivity index (χ1v) is 5.44. The van der Waals surface area contributed by atoms with E-state index in [4.69, 9.17) is 27.8 Å². The zero-order chi connectivity index (χ0) is 11.7. The molecule has 0 saturated heterocycles. The first-order chi connectivity index (χ1) is 7.58. The number of fused-ring (bicyclic) bond motifs is 1. The Hall–Kier alpha value is -1.26. The van der Waals surface area contributed by atoms with E-state index >= 15 is 0 Å². The van der Waals surface area contributed by atoms with Gasteiger partial charge in [0.2, 0.25) is 5.91 Å². The molecule has 0 aromatic heterocycles. The number of halogens is 1. The lowest BCUT2D eigenvalue weighted by Gasteiger charge is -2.11. The van der Waals surface area contributed by atoms with E-state index in [0.29, 0.717) is 18.1 Å². The highest BCUT2D eigenvalue weighted by atomic mass is 35.5. The Morgan fingerprint density at radius 2 is 2.31 bits per heavy atom. The highest BCUT2D eigenvalue weighted by Crippen LogP contribution is 2.33. The summed E-state index contributed by atoms with van der Waals surface area (Å²) in [5.41, 5.74) is 12.7. The van der Waals surface area contributed by atoms with Crippen LogP contribution in [-0.4, -0.2) is 18.6 Å². The Morgan fingerprint density at radius 1 is 1.56 bits per heavy atom. The molecule has 86 valence electrons. The average molecular weight is 241 g/mol. The second-order valence-electron chi connectivity index (χ2n) is 3.86. The van der Waals surface area contributed by atoms with Crippen molar-refractivity contribution >= 4 is 17.5 Å². The van der Waals surface area contributed by atoms with Crippen LogP contribution in [-0.2, 0) is 17.6 Å². The Bertz CT molecular complexity index is 434. The molecule has 0 bridgehead atoms. The molecule has 5 heteroatoms. The number of benzene rings is 1. The second-order valence-corrected chi connectivity index (χ2v) is 4.30. The van der Waals surface area contributed by atoms with E-state index in [-0.39, 0.29) is 0 Å². The maximum absolute atomic E-state index is 10.9. The Labute approximate surface area is 98.5 Å². The van der Waals surface area contributed by atoms with Crippen LogP contribution in [0.5, 0.6) is 5.75 Å². The molecule has 1 aromatic rings. The van der Waals surface area contributed by atoms with Gasteiger partial charge in [-0.2, -0.15) is 0 Å². The summed E-state index contributed by atoms with van der Waals surface area (Å²) in [6.07, 6.45) is 1.20. The van der Waals surface area contributed by atoms with Gasteiger partial charge in [-0.05, 0) is 23.3 Å². The molecule has 4 N–H and O–H groups in total. The van der Waals surface area contributed by atoms with Crippen LogP contribution in [0.1, 0.15) is 11.1 Å². The molecule has 0 spiro atoms. The van der Waals surface area contributed by atoms with Gasteiger partial charge >= 0.3 is 0 Å². The molecule has 1 aliphatic rings. The summed E-state index contributed by atoms with van der Waals surface area (Å²) >= 11 is 5.98. The Balaban J connectivity index is 2.30. The molecule has 1 unspecified atom stereocenters. The molecule has 1 aromatic carbocycles. The Kier molecular flexibility index (Phi) is 3.03. The van der Waals surface area contributed by atoms with Crippen molar-refractivity contribution in [2.24, 2.45) is 11.5 Å². The topological polar surface area (TPSA) is 78.3 Å². The van der Waals surface area contributed by atoms with Crippen LogP contribution >= 0.6 is 11.6 Å². The van der Waals surface area contributed by atoms with Gasteiger partial charge in [0.25, 0.3) is 0 Å². The molecule has 4 nitrogen and oxygen atoms in total. The van der Waals surface area contributed by atoms with Gasteiger partial charge in [0.05, 0.1) is 12.6 Å². The largest absolute Gasteiger partial charge is 0.493 e. The third-order valence-electron chi connectivity index (χ3n) is 2.63. The van der Waals surface area contributed by atoms with Gasteiger partial charge in [-0.15, -0.1) is 0 Å². The summed E-state index contributed by atoms with van der Waals surface area (Å²) in [6.45, 7) is 0.647. The first kappa shape index (κ1) is 11.2. The molecule has 0 fully saturated rings. The standard InChI is InChI=1S/C11H13ClN2O2/c12-8-3-6-1-2-16-10(6)7(4-8)5-9(13)11(14)15/h3-4,9H,1-2,5,13H2,(H2,14,15). The van der Waals surface area contributed by atoms with E-state index < -0.39 is 11.9 Å². The van der Waals surface area contributed by atoms with Gasteiger partial charge < -0.3 is 16.2 Å². The second kappa shape index (κ2) is 4.31. The predicted octanol–water partition coefficient (Wildman–Crippen LogP) is 0.630. The van der Waals surface area contributed by atoms with Crippen LogP contribution in [0.15, 0.2) is 12.1 Å². The van der Waals surface area contributed by atoms with Gasteiger partial charge in [0.1, 0.15) is 5.75 Å². The fourth-order valence-electron chi connectivity index (χ4n) is 1.84. The van der Waals surface area contributed by atoms with Crippen LogP contribution in [0.3, 0.4) is 0 Å². The number of ether oxygens (including phenoxy) is 1.